The lowest BCUT2D eigenvalue weighted by Gasteiger charge is -2.37. The SMILES string of the molecule is CCC(C)N1CC(C)(C)CNCC1CC(=O)O. The number of carbonyl (C=O) groups is 1. The maximum Gasteiger partial charge on any atom is 0.304 e. The van der Waals surface area contributed by atoms with Crippen molar-refractivity contribution in [2.24, 2.45) is 5.41 Å². The van der Waals surface area contributed by atoms with Crippen LogP contribution in [-0.4, -0.2) is 47.7 Å². The Balaban J connectivity index is 2.81. The van der Waals surface area contributed by atoms with Crippen LogP contribution < -0.4 is 5.32 Å². The number of nitrogens with zero attached hydrogens (tertiary/aromatic N) is 1. The Morgan fingerprint density at radius 3 is 2.76 bits per heavy atom. The van der Waals surface area contributed by atoms with Crippen LogP contribution in [0.1, 0.15) is 40.5 Å². The zero-order valence-corrected chi connectivity index (χ0v) is 11.5. The summed E-state index contributed by atoms with van der Waals surface area (Å²) in [7, 11) is 0. The van der Waals surface area contributed by atoms with Crippen molar-refractivity contribution in [2.75, 3.05) is 19.6 Å². The second kappa shape index (κ2) is 5.83. The van der Waals surface area contributed by atoms with E-state index in [4.69, 9.17) is 5.11 Å². The van der Waals surface area contributed by atoms with Crippen molar-refractivity contribution < 1.29 is 9.90 Å². The average molecular weight is 242 g/mol. The van der Waals surface area contributed by atoms with Crippen molar-refractivity contribution >= 4 is 5.97 Å². The topological polar surface area (TPSA) is 52.6 Å². The summed E-state index contributed by atoms with van der Waals surface area (Å²) in [5.74, 6) is -0.704. The molecule has 0 spiro atoms. The molecule has 1 saturated heterocycles. The second-order valence-corrected chi connectivity index (χ2v) is 5.98. The molecule has 2 unspecified atom stereocenters. The maximum absolute atomic E-state index is 10.9. The lowest BCUT2D eigenvalue weighted by molar-refractivity contribution is -0.138. The van der Waals surface area contributed by atoms with Crippen LogP contribution in [0.4, 0.5) is 0 Å². The third-order valence-corrected chi connectivity index (χ3v) is 3.63. The van der Waals surface area contributed by atoms with Gasteiger partial charge in [-0.2, -0.15) is 0 Å². The lowest BCUT2D eigenvalue weighted by atomic mass is 9.92. The molecule has 0 saturated carbocycles. The molecule has 1 heterocycles. The Morgan fingerprint density at radius 1 is 1.59 bits per heavy atom. The van der Waals surface area contributed by atoms with Gasteiger partial charge in [0.05, 0.1) is 6.42 Å². The Labute approximate surface area is 104 Å². The quantitative estimate of drug-likeness (QED) is 0.785. The molecular formula is C13H26N2O2. The van der Waals surface area contributed by atoms with Crippen molar-refractivity contribution in [3.8, 4) is 0 Å². The van der Waals surface area contributed by atoms with E-state index in [1.807, 2.05) is 0 Å². The van der Waals surface area contributed by atoms with Gasteiger partial charge in [-0.3, -0.25) is 9.69 Å². The highest BCUT2D eigenvalue weighted by Gasteiger charge is 2.33. The van der Waals surface area contributed by atoms with E-state index in [-0.39, 0.29) is 17.9 Å². The molecule has 0 bridgehead atoms. The minimum atomic E-state index is -0.704. The summed E-state index contributed by atoms with van der Waals surface area (Å²) >= 11 is 0. The minimum Gasteiger partial charge on any atom is -0.481 e. The van der Waals surface area contributed by atoms with Gasteiger partial charge in [0, 0.05) is 31.7 Å². The van der Waals surface area contributed by atoms with E-state index in [9.17, 15) is 4.79 Å². The first kappa shape index (κ1) is 14.5. The molecule has 0 radical (unpaired) electrons. The van der Waals surface area contributed by atoms with Gasteiger partial charge in [0.15, 0.2) is 0 Å². The first-order chi connectivity index (χ1) is 7.85. The van der Waals surface area contributed by atoms with E-state index in [1.54, 1.807) is 0 Å². The fourth-order valence-electron chi connectivity index (χ4n) is 2.51. The molecule has 1 aliphatic heterocycles. The molecule has 4 nitrogen and oxygen atoms in total. The third-order valence-electron chi connectivity index (χ3n) is 3.63. The van der Waals surface area contributed by atoms with Crippen molar-refractivity contribution in [1.82, 2.24) is 10.2 Å². The summed E-state index contributed by atoms with van der Waals surface area (Å²) in [6.45, 7) is 11.5. The highest BCUT2D eigenvalue weighted by molar-refractivity contribution is 5.67. The van der Waals surface area contributed by atoms with Gasteiger partial charge in [-0.15, -0.1) is 0 Å². The van der Waals surface area contributed by atoms with E-state index in [1.165, 1.54) is 0 Å². The molecule has 0 aliphatic carbocycles. The molecule has 2 atom stereocenters. The van der Waals surface area contributed by atoms with Gasteiger partial charge in [0.2, 0.25) is 0 Å². The van der Waals surface area contributed by atoms with Gasteiger partial charge in [-0.05, 0) is 18.8 Å². The molecule has 2 N–H and O–H groups in total. The second-order valence-electron chi connectivity index (χ2n) is 5.98. The molecule has 17 heavy (non-hydrogen) atoms. The van der Waals surface area contributed by atoms with E-state index < -0.39 is 5.97 Å². The van der Waals surface area contributed by atoms with Crippen LogP contribution in [0.5, 0.6) is 0 Å². The van der Waals surface area contributed by atoms with Crippen LogP contribution in [-0.2, 0) is 4.79 Å². The van der Waals surface area contributed by atoms with Gasteiger partial charge < -0.3 is 10.4 Å². The first-order valence-corrected chi connectivity index (χ1v) is 6.54. The zero-order chi connectivity index (χ0) is 13.1. The number of nitrogens with one attached hydrogen (secondary N) is 1. The number of carboxylic acids is 1. The molecule has 1 aliphatic rings. The number of hydrogen-bond acceptors (Lipinski definition) is 3. The van der Waals surface area contributed by atoms with Crippen LogP contribution in [0.15, 0.2) is 0 Å². The normalized spacial score (nSPS) is 27.4. The average Bonchev–Trinajstić information content (AvgIpc) is 2.36. The fraction of sp³-hybridized carbons (Fsp3) is 0.923. The summed E-state index contributed by atoms with van der Waals surface area (Å²) in [5.41, 5.74) is 0.205. The molecule has 1 fully saturated rings. The number of hydrogen-bond donors (Lipinski definition) is 2. The molecule has 0 aromatic carbocycles. The van der Waals surface area contributed by atoms with Crippen LogP contribution >= 0.6 is 0 Å². The van der Waals surface area contributed by atoms with Crippen LogP contribution in [0.3, 0.4) is 0 Å². The summed E-state index contributed by atoms with van der Waals surface area (Å²) < 4.78 is 0. The fourth-order valence-corrected chi connectivity index (χ4v) is 2.51. The van der Waals surface area contributed by atoms with Gasteiger partial charge in [-0.25, -0.2) is 0 Å². The molecule has 0 aromatic rings. The highest BCUT2D eigenvalue weighted by Crippen LogP contribution is 2.24. The zero-order valence-electron chi connectivity index (χ0n) is 11.5. The molecule has 4 heteroatoms. The molecule has 0 aromatic heterocycles. The monoisotopic (exact) mass is 242 g/mol. The number of aliphatic carboxylic acids is 1. The molecule has 1 rings (SSSR count). The van der Waals surface area contributed by atoms with E-state index in [2.05, 4.69) is 37.9 Å². The van der Waals surface area contributed by atoms with Crippen molar-refractivity contribution in [1.29, 1.82) is 0 Å². The Bertz CT molecular complexity index is 266. The predicted octanol–water partition coefficient (Wildman–Crippen LogP) is 1.56. The standard InChI is InChI=1S/C13H26N2O2/c1-5-10(2)15-9-13(3,4)8-14-7-11(15)6-12(16)17/h10-11,14H,5-9H2,1-4H3,(H,16,17). The predicted molar refractivity (Wildman–Crippen MR) is 69.2 cm³/mol. The third kappa shape index (κ3) is 4.28. The maximum atomic E-state index is 10.9. The first-order valence-electron chi connectivity index (χ1n) is 6.54. The van der Waals surface area contributed by atoms with Gasteiger partial charge in [-0.1, -0.05) is 20.8 Å². The van der Waals surface area contributed by atoms with Crippen LogP contribution in [0, 0.1) is 5.41 Å². The van der Waals surface area contributed by atoms with Crippen LogP contribution in [0.25, 0.3) is 0 Å². The number of rotatable bonds is 4. The van der Waals surface area contributed by atoms with E-state index in [0.29, 0.717) is 6.04 Å². The molecule has 100 valence electrons. The Morgan fingerprint density at radius 2 is 2.24 bits per heavy atom. The minimum absolute atomic E-state index is 0.115. The smallest absolute Gasteiger partial charge is 0.304 e. The van der Waals surface area contributed by atoms with Crippen LogP contribution in [0.2, 0.25) is 0 Å². The van der Waals surface area contributed by atoms with E-state index in [0.717, 1.165) is 26.1 Å². The summed E-state index contributed by atoms with van der Waals surface area (Å²) in [6, 6.07) is 0.558. The Kier molecular flexibility index (Phi) is 4.95. The van der Waals surface area contributed by atoms with Gasteiger partial charge in [0.1, 0.15) is 0 Å². The number of carboxylic acid groups (broad SMARTS) is 1. The van der Waals surface area contributed by atoms with E-state index >= 15 is 0 Å². The molecular weight excluding hydrogens is 216 g/mol. The highest BCUT2D eigenvalue weighted by atomic mass is 16.4. The largest absolute Gasteiger partial charge is 0.481 e. The van der Waals surface area contributed by atoms with Crippen molar-refractivity contribution in [2.45, 2.75) is 52.6 Å². The lowest BCUT2D eigenvalue weighted by Crippen LogP contribution is -2.47. The summed E-state index contributed by atoms with van der Waals surface area (Å²) in [6.07, 6.45) is 1.29. The Hall–Kier alpha value is -0.610. The van der Waals surface area contributed by atoms with Gasteiger partial charge >= 0.3 is 5.97 Å². The summed E-state index contributed by atoms with van der Waals surface area (Å²) in [5, 5.41) is 12.4. The molecule has 0 amide bonds. The summed E-state index contributed by atoms with van der Waals surface area (Å²) in [4.78, 5) is 13.3. The van der Waals surface area contributed by atoms with Crippen molar-refractivity contribution in [3.05, 3.63) is 0 Å². The van der Waals surface area contributed by atoms with Crippen molar-refractivity contribution in [3.63, 3.8) is 0 Å². The van der Waals surface area contributed by atoms with Gasteiger partial charge in [0.25, 0.3) is 0 Å².